The number of nitrogens with one attached hydrogen (secondary N) is 4. The average molecular weight is 549 g/mol. The summed E-state index contributed by atoms with van der Waals surface area (Å²) in [6, 6.07) is 11.5. The smallest absolute Gasteiger partial charge is 0.328 e. The summed E-state index contributed by atoms with van der Waals surface area (Å²) in [5, 5.41) is 0. The lowest BCUT2D eigenvalue weighted by Gasteiger charge is -2.12. The van der Waals surface area contributed by atoms with Gasteiger partial charge in [0.15, 0.2) is 0 Å². The van der Waals surface area contributed by atoms with Crippen LogP contribution < -0.4 is 32.0 Å². The highest BCUT2D eigenvalue weighted by molar-refractivity contribution is 5.38. The largest absolute Gasteiger partial charge is 0.440 e. The molecule has 10 heteroatoms. The van der Waals surface area contributed by atoms with Crippen molar-refractivity contribution in [3.05, 3.63) is 111 Å². The molecule has 0 unspecified atom stereocenters. The second-order valence-electron chi connectivity index (χ2n) is 10.5. The summed E-state index contributed by atoms with van der Waals surface area (Å²) in [6.45, 7) is 15.3. The van der Waals surface area contributed by atoms with Crippen LogP contribution in [0.1, 0.15) is 72.9 Å². The van der Waals surface area contributed by atoms with Crippen LogP contribution in [-0.2, 0) is 0 Å². The minimum atomic E-state index is -0.571. The summed E-state index contributed by atoms with van der Waals surface area (Å²) in [6.07, 6.45) is 0. The molecule has 40 heavy (non-hydrogen) atoms. The molecule has 212 valence electrons. The molecular formula is C30H36N4O6. The van der Waals surface area contributed by atoms with Gasteiger partial charge in [-0.25, -0.2) is 9.59 Å². The molecule has 4 aromatic rings. The molecule has 0 bridgehead atoms. The molecule has 4 N–H and O–H groups in total. The third kappa shape index (κ3) is 7.72. The Hall–Kier alpha value is -4.60. The fraction of sp³-hybridized carbons (Fsp3) is 0.333. The second-order valence-corrected chi connectivity index (χ2v) is 10.5. The first-order valence-electron chi connectivity index (χ1n) is 13.0. The van der Waals surface area contributed by atoms with Gasteiger partial charge in [0.1, 0.15) is 11.5 Å². The van der Waals surface area contributed by atoms with Crippen molar-refractivity contribution in [2.24, 2.45) is 0 Å². The molecule has 10 nitrogen and oxygen atoms in total. The number of H-pyrrole nitrogens is 4. The monoisotopic (exact) mass is 548 g/mol. The number of hydrogen-bond acceptors (Lipinski definition) is 6. The quantitative estimate of drug-likeness (QED) is 0.260. The summed E-state index contributed by atoms with van der Waals surface area (Å²) < 4.78 is 11.4. The van der Waals surface area contributed by atoms with E-state index in [0.29, 0.717) is 22.6 Å². The van der Waals surface area contributed by atoms with E-state index in [1.807, 2.05) is 91.8 Å². The first-order valence-corrected chi connectivity index (χ1v) is 13.0. The number of hydrogen-bond donors (Lipinski definition) is 4. The minimum Gasteiger partial charge on any atom is -0.440 e. The Labute approximate surface area is 231 Å². The predicted octanol–water partition coefficient (Wildman–Crippen LogP) is 5.19. The van der Waals surface area contributed by atoms with E-state index in [1.54, 1.807) is 0 Å². The van der Waals surface area contributed by atoms with Gasteiger partial charge in [-0.1, -0.05) is 39.8 Å². The lowest BCUT2D eigenvalue weighted by Crippen LogP contribution is -2.26. The fourth-order valence-electron chi connectivity index (χ4n) is 4.38. The van der Waals surface area contributed by atoms with Crippen LogP contribution >= 0.6 is 0 Å². The average Bonchev–Trinajstić information content (AvgIpc) is 2.76. The van der Waals surface area contributed by atoms with Crippen LogP contribution in [0.15, 0.2) is 55.6 Å². The molecule has 0 spiro atoms. The highest BCUT2D eigenvalue weighted by Gasteiger charge is 2.16. The normalized spacial score (nSPS) is 10.8. The van der Waals surface area contributed by atoms with Crippen molar-refractivity contribution in [3.8, 4) is 23.3 Å². The maximum Gasteiger partial charge on any atom is 0.328 e. The third-order valence-corrected chi connectivity index (χ3v) is 5.87. The second kappa shape index (κ2) is 12.5. The Morgan fingerprint density at radius 2 is 0.800 bits per heavy atom. The first kappa shape index (κ1) is 29.9. The Kier molecular flexibility index (Phi) is 9.36. The summed E-state index contributed by atoms with van der Waals surface area (Å²) in [7, 11) is 0. The van der Waals surface area contributed by atoms with Crippen molar-refractivity contribution in [2.45, 2.75) is 67.2 Å². The van der Waals surface area contributed by atoms with Crippen LogP contribution in [0.25, 0.3) is 0 Å². The van der Waals surface area contributed by atoms with Gasteiger partial charge in [-0.2, -0.15) is 0 Å². The van der Waals surface area contributed by atoms with Gasteiger partial charge in [0, 0.05) is 0 Å². The molecule has 2 aromatic carbocycles. The topological polar surface area (TPSA) is 150 Å². The fourth-order valence-corrected chi connectivity index (χ4v) is 4.38. The zero-order valence-electron chi connectivity index (χ0n) is 24.1. The highest BCUT2D eigenvalue weighted by Crippen LogP contribution is 2.27. The van der Waals surface area contributed by atoms with Gasteiger partial charge in [-0.3, -0.25) is 29.5 Å². The number of aromatic amines is 4. The molecule has 0 aliphatic carbocycles. The van der Waals surface area contributed by atoms with Gasteiger partial charge in [0.05, 0.1) is 11.1 Å². The zero-order chi connectivity index (χ0) is 29.7. The Balaban J connectivity index is 0.000000220. The molecule has 0 atom stereocenters. The van der Waals surface area contributed by atoms with E-state index >= 15 is 0 Å². The molecule has 2 aromatic heterocycles. The molecule has 0 radical (unpaired) electrons. The summed E-state index contributed by atoms with van der Waals surface area (Å²) in [4.78, 5) is 56.1. The van der Waals surface area contributed by atoms with Gasteiger partial charge in [0.25, 0.3) is 11.1 Å². The van der Waals surface area contributed by atoms with Gasteiger partial charge in [-0.15, -0.1) is 0 Å². The van der Waals surface area contributed by atoms with Crippen molar-refractivity contribution in [1.82, 2.24) is 19.9 Å². The van der Waals surface area contributed by atoms with Gasteiger partial charge in [0.2, 0.25) is 11.8 Å². The number of aryl methyl sites for hydroxylation is 4. The Bertz CT molecular complexity index is 1570. The summed E-state index contributed by atoms with van der Waals surface area (Å²) in [5.41, 5.74) is 3.12. The summed E-state index contributed by atoms with van der Waals surface area (Å²) >= 11 is 0. The molecule has 0 fully saturated rings. The molecular weight excluding hydrogens is 512 g/mol. The molecule has 0 aliphatic rings. The standard InChI is InChI=1S/2C15H18N2O3/c2*1-8(2)12-13(18)16-15(19)17-14(12)20-11-6-9(3)5-10(4)7-11/h2*5-8H,1-4H3,(H2,16,17,18,19). The van der Waals surface area contributed by atoms with Gasteiger partial charge in [-0.05, 0) is 86.1 Å². The van der Waals surface area contributed by atoms with E-state index < -0.39 is 22.5 Å². The Morgan fingerprint density at radius 1 is 0.500 bits per heavy atom. The SMILES string of the molecule is Cc1cc(C)cc(Oc2[nH]c(=O)[nH]c(=O)c2C(C)C)c1.Cc1cc(C)cc(Oc2[nH]c(=O)[nH]c(=O)c2C(C)C)c1. The zero-order valence-corrected chi connectivity index (χ0v) is 24.1. The summed E-state index contributed by atoms with van der Waals surface area (Å²) in [5.74, 6) is 1.50. The molecule has 0 amide bonds. The van der Waals surface area contributed by atoms with Crippen molar-refractivity contribution in [2.75, 3.05) is 0 Å². The van der Waals surface area contributed by atoms with E-state index in [0.717, 1.165) is 22.3 Å². The molecule has 4 rings (SSSR count). The Morgan fingerprint density at radius 3 is 1.07 bits per heavy atom. The maximum absolute atomic E-state index is 11.9. The number of ether oxygens (including phenoxy) is 2. The van der Waals surface area contributed by atoms with Crippen LogP contribution in [0.2, 0.25) is 0 Å². The first-order chi connectivity index (χ1) is 18.7. The van der Waals surface area contributed by atoms with E-state index in [2.05, 4.69) is 19.9 Å². The van der Waals surface area contributed by atoms with Crippen LogP contribution in [0.3, 0.4) is 0 Å². The molecule has 0 saturated heterocycles. The van der Waals surface area contributed by atoms with Crippen LogP contribution in [0.4, 0.5) is 0 Å². The van der Waals surface area contributed by atoms with Crippen molar-refractivity contribution in [1.29, 1.82) is 0 Å². The van der Waals surface area contributed by atoms with Crippen LogP contribution in [-0.4, -0.2) is 19.9 Å². The van der Waals surface area contributed by atoms with E-state index in [1.165, 1.54) is 0 Å². The van der Waals surface area contributed by atoms with Gasteiger partial charge >= 0.3 is 11.4 Å². The third-order valence-electron chi connectivity index (χ3n) is 5.87. The lowest BCUT2D eigenvalue weighted by molar-refractivity contribution is 0.446. The number of rotatable bonds is 6. The lowest BCUT2D eigenvalue weighted by atomic mass is 10.1. The van der Waals surface area contributed by atoms with Crippen molar-refractivity contribution in [3.63, 3.8) is 0 Å². The van der Waals surface area contributed by atoms with Crippen molar-refractivity contribution >= 4 is 0 Å². The van der Waals surface area contributed by atoms with Crippen LogP contribution in [0.5, 0.6) is 23.3 Å². The van der Waals surface area contributed by atoms with Crippen LogP contribution in [0, 0.1) is 27.7 Å². The number of aromatic nitrogens is 4. The van der Waals surface area contributed by atoms with E-state index in [4.69, 9.17) is 9.47 Å². The molecule has 0 saturated carbocycles. The van der Waals surface area contributed by atoms with Crippen molar-refractivity contribution < 1.29 is 9.47 Å². The highest BCUT2D eigenvalue weighted by atomic mass is 16.5. The van der Waals surface area contributed by atoms with Gasteiger partial charge < -0.3 is 9.47 Å². The van der Waals surface area contributed by atoms with E-state index in [9.17, 15) is 19.2 Å². The number of benzene rings is 2. The molecule has 2 heterocycles. The maximum atomic E-state index is 11.9. The minimum absolute atomic E-state index is 0.0588. The molecule has 0 aliphatic heterocycles. The van der Waals surface area contributed by atoms with E-state index in [-0.39, 0.29) is 23.6 Å². The predicted molar refractivity (Wildman–Crippen MR) is 156 cm³/mol.